The summed E-state index contributed by atoms with van der Waals surface area (Å²) in [4.78, 5) is 0. The second-order valence-corrected chi connectivity index (χ2v) is 12.8. The minimum absolute atomic E-state index is 0.383. The van der Waals surface area contributed by atoms with E-state index in [1.807, 2.05) is 48.5 Å². The smallest absolute Gasteiger partial charge is 0.129 e. The summed E-state index contributed by atoms with van der Waals surface area (Å²) in [6, 6.07) is 61.5. The Kier molecular flexibility index (Phi) is 8.51. The fourth-order valence-corrected chi connectivity index (χ4v) is 7.29. The fourth-order valence-electron chi connectivity index (χ4n) is 7.29. The van der Waals surface area contributed by atoms with E-state index in [1.165, 1.54) is 65.5 Å². The Labute approximate surface area is 302 Å². The van der Waals surface area contributed by atoms with Crippen LogP contribution in [0.1, 0.15) is 11.1 Å². The predicted molar refractivity (Wildman–Crippen MR) is 222 cm³/mol. The highest BCUT2D eigenvalue weighted by Crippen LogP contribution is 2.39. The third kappa shape index (κ3) is 5.64. The lowest BCUT2D eigenvalue weighted by Crippen LogP contribution is -2.11. The highest BCUT2D eigenvalue weighted by atomic mass is 15.0. The number of anilines is 1. The number of aromatic nitrogens is 2. The molecule has 0 spiro atoms. The SMILES string of the molecule is C=N.Cc1ccccc1.N=C(Nc1ccc(-n2c3ccccc3c3cc4c(cc32)cc2c3ccccc3c3ccccc3n42)cc1)c1ccccc1. The van der Waals surface area contributed by atoms with Crippen LogP contribution in [0.2, 0.25) is 0 Å². The van der Waals surface area contributed by atoms with Crippen molar-refractivity contribution >= 4 is 78.1 Å². The topological polar surface area (TPSA) is 69.1 Å². The summed E-state index contributed by atoms with van der Waals surface area (Å²) in [6.45, 7) is 4.58. The minimum Gasteiger partial charge on any atom is -0.340 e. The van der Waals surface area contributed by atoms with Gasteiger partial charge in [-0.25, -0.2) is 0 Å². The number of benzene rings is 7. The molecule has 52 heavy (non-hydrogen) atoms. The number of fused-ring (bicyclic) bond motifs is 11. The molecule has 3 heterocycles. The second-order valence-electron chi connectivity index (χ2n) is 12.8. The van der Waals surface area contributed by atoms with Crippen LogP contribution in [0.4, 0.5) is 5.69 Å². The van der Waals surface area contributed by atoms with Crippen molar-refractivity contribution in [3.63, 3.8) is 0 Å². The number of pyridine rings is 1. The highest BCUT2D eigenvalue weighted by Gasteiger charge is 2.17. The number of para-hydroxylation sites is 2. The Balaban J connectivity index is 0.000000383. The Morgan fingerprint density at radius 1 is 0.481 bits per heavy atom. The van der Waals surface area contributed by atoms with Crippen LogP contribution in [0.3, 0.4) is 0 Å². The lowest BCUT2D eigenvalue weighted by atomic mass is 10.1. The number of hydrogen-bond acceptors (Lipinski definition) is 2. The maximum absolute atomic E-state index is 8.48. The molecule has 10 rings (SSSR count). The molecule has 0 bridgehead atoms. The van der Waals surface area contributed by atoms with Crippen LogP contribution in [0, 0.1) is 17.7 Å². The van der Waals surface area contributed by atoms with Gasteiger partial charge in [-0.3, -0.25) is 5.41 Å². The number of hydrogen-bond donors (Lipinski definition) is 3. The molecule has 0 atom stereocenters. The van der Waals surface area contributed by atoms with Gasteiger partial charge in [-0.05, 0) is 73.6 Å². The molecule has 0 aliphatic heterocycles. The summed E-state index contributed by atoms with van der Waals surface area (Å²) in [6.07, 6.45) is 0. The van der Waals surface area contributed by atoms with Crippen molar-refractivity contribution in [1.82, 2.24) is 8.97 Å². The van der Waals surface area contributed by atoms with Crippen LogP contribution in [0.25, 0.3) is 65.6 Å². The molecule has 0 radical (unpaired) electrons. The third-order valence-corrected chi connectivity index (χ3v) is 9.63. The van der Waals surface area contributed by atoms with E-state index >= 15 is 0 Å². The van der Waals surface area contributed by atoms with Crippen LogP contribution in [0.15, 0.2) is 176 Å². The van der Waals surface area contributed by atoms with E-state index in [9.17, 15) is 0 Å². The molecule has 0 saturated carbocycles. The number of amidine groups is 1. The van der Waals surface area contributed by atoms with Crippen LogP contribution >= 0.6 is 0 Å². The molecule has 3 aromatic heterocycles. The van der Waals surface area contributed by atoms with E-state index in [0.29, 0.717) is 5.84 Å². The van der Waals surface area contributed by atoms with Crippen molar-refractivity contribution in [3.8, 4) is 5.69 Å². The largest absolute Gasteiger partial charge is 0.340 e. The summed E-state index contributed by atoms with van der Waals surface area (Å²) >= 11 is 0. The molecule has 0 amide bonds. The van der Waals surface area contributed by atoms with E-state index in [2.05, 4.69) is 155 Å². The first-order valence-electron chi connectivity index (χ1n) is 17.3. The summed E-state index contributed by atoms with van der Waals surface area (Å²) in [5.41, 5.74) is 10.2. The van der Waals surface area contributed by atoms with Gasteiger partial charge in [-0.1, -0.05) is 127 Å². The first kappa shape index (κ1) is 32.2. The zero-order valence-electron chi connectivity index (χ0n) is 28.8. The van der Waals surface area contributed by atoms with Crippen molar-refractivity contribution in [2.75, 3.05) is 5.32 Å². The van der Waals surface area contributed by atoms with Crippen molar-refractivity contribution in [2.45, 2.75) is 6.92 Å². The molecule has 10 aromatic rings. The van der Waals surface area contributed by atoms with Gasteiger partial charge in [-0.2, -0.15) is 0 Å². The maximum Gasteiger partial charge on any atom is 0.129 e. The lowest BCUT2D eigenvalue weighted by Gasteiger charge is -2.11. The number of aryl methyl sites for hydroxylation is 1. The second kappa shape index (κ2) is 13.7. The standard InChI is InChI=1S/C39H26N4.C7H8.CH3N/c40-39(25-10-2-1-3-11-25)41-27-18-20-28(21-19-27)42-34-16-8-7-15-32(34)33-24-36-26(23-38(33)42)22-37-31-14-5-4-12-29(31)30-13-6-9-17-35(30)43(36)37;1-7-5-3-2-4-6-7;1-2/h1-24H,(H2,40,41);2-6H,1H3;2H,1H2. The quantitative estimate of drug-likeness (QED) is 0.0976. The average molecular weight is 672 g/mol. The van der Waals surface area contributed by atoms with E-state index in [4.69, 9.17) is 10.8 Å². The van der Waals surface area contributed by atoms with Crippen LogP contribution in [-0.2, 0) is 0 Å². The molecular formula is C47H37N5. The summed E-state index contributed by atoms with van der Waals surface area (Å²) in [7, 11) is 0. The van der Waals surface area contributed by atoms with Gasteiger partial charge in [0.1, 0.15) is 5.84 Å². The Morgan fingerprint density at radius 3 is 1.63 bits per heavy atom. The Bertz CT molecular complexity index is 2870. The van der Waals surface area contributed by atoms with Crippen molar-refractivity contribution < 1.29 is 0 Å². The third-order valence-electron chi connectivity index (χ3n) is 9.63. The molecule has 0 fully saturated rings. The molecular weight excluding hydrogens is 635 g/mol. The summed E-state index contributed by atoms with van der Waals surface area (Å²) in [5, 5.41) is 24.7. The van der Waals surface area contributed by atoms with E-state index < -0.39 is 0 Å². The van der Waals surface area contributed by atoms with E-state index in [-0.39, 0.29) is 0 Å². The molecule has 0 unspecified atom stereocenters. The summed E-state index contributed by atoms with van der Waals surface area (Å²) in [5.74, 6) is 0.383. The minimum atomic E-state index is 0.383. The molecule has 5 nitrogen and oxygen atoms in total. The number of nitrogens with one attached hydrogen (secondary N) is 3. The fraction of sp³-hybridized carbons (Fsp3) is 0.0213. The van der Waals surface area contributed by atoms with Gasteiger partial charge < -0.3 is 19.7 Å². The monoisotopic (exact) mass is 671 g/mol. The molecule has 0 saturated heterocycles. The summed E-state index contributed by atoms with van der Waals surface area (Å²) < 4.78 is 4.79. The van der Waals surface area contributed by atoms with Gasteiger partial charge in [0.05, 0.1) is 27.6 Å². The van der Waals surface area contributed by atoms with Gasteiger partial charge >= 0.3 is 0 Å². The molecule has 0 aliphatic rings. The normalized spacial score (nSPS) is 11.0. The molecule has 250 valence electrons. The number of nitrogens with zero attached hydrogens (tertiary/aromatic N) is 2. The first-order valence-corrected chi connectivity index (χ1v) is 17.3. The van der Waals surface area contributed by atoms with Gasteiger partial charge in [0.15, 0.2) is 0 Å². The average Bonchev–Trinajstić information content (AvgIpc) is 3.75. The molecule has 5 heteroatoms. The molecule has 3 N–H and O–H groups in total. The van der Waals surface area contributed by atoms with Gasteiger partial charge in [0.2, 0.25) is 0 Å². The van der Waals surface area contributed by atoms with Crippen molar-refractivity contribution in [1.29, 1.82) is 10.8 Å². The molecule has 7 aromatic carbocycles. The lowest BCUT2D eigenvalue weighted by molar-refractivity contribution is 1.18. The first-order chi connectivity index (χ1) is 25.6. The van der Waals surface area contributed by atoms with Gasteiger partial charge in [0.25, 0.3) is 0 Å². The Morgan fingerprint density at radius 2 is 1.00 bits per heavy atom. The van der Waals surface area contributed by atoms with Gasteiger partial charge in [-0.15, -0.1) is 0 Å². The highest BCUT2D eigenvalue weighted by molar-refractivity contribution is 6.19. The molecule has 0 aliphatic carbocycles. The van der Waals surface area contributed by atoms with Crippen LogP contribution < -0.4 is 5.32 Å². The number of rotatable bonds is 3. The van der Waals surface area contributed by atoms with Gasteiger partial charge in [0, 0.05) is 43.9 Å². The zero-order valence-corrected chi connectivity index (χ0v) is 28.8. The predicted octanol–water partition coefficient (Wildman–Crippen LogP) is 12.2. The van der Waals surface area contributed by atoms with Crippen molar-refractivity contribution in [3.05, 3.63) is 187 Å². The van der Waals surface area contributed by atoms with E-state index in [0.717, 1.165) is 16.9 Å². The Hall–Kier alpha value is -6.98. The zero-order chi connectivity index (χ0) is 35.6. The van der Waals surface area contributed by atoms with E-state index in [1.54, 1.807) is 0 Å². The van der Waals surface area contributed by atoms with Crippen LogP contribution in [-0.4, -0.2) is 21.5 Å². The van der Waals surface area contributed by atoms with Crippen LogP contribution in [0.5, 0.6) is 0 Å². The maximum atomic E-state index is 8.48. The van der Waals surface area contributed by atoms with Crippen molar-refractivity contribution in [2.24, 2.45) is 0 Å².